The molecule has 1 unspecified atom stereocenters. The quantitative estimate of drug-likeness (QED) is 0.229. The number of esters is 1. The van der Waals surface area contributed by atoms with E-state index in [2.05, 4.69) is 0 Å². The fourth-order valence-electron chi connectivity index (χ4n) is 3.63. The van der Waals surface area contributed by atoms with Crippen LogP contribution in [0.1, 0.15) is 33.2 Å². The minimum Gasteiger partial charge on any atom is -0.508 e. The summed E-state index contributed by atoms with van der Waals surface area (Å²) in [6.45, 7) is 1.46. The summed E-state index contributed by atoms with van der Waals surface area (Å²) < 4.78 is 11.4. The summed E-state index contributed by atoms with van der Waals surface area (Å²) in [6.07, 6.45) is -2.33. The molecule has 10 heteroatoms. The highest BCUT2D eigenvalue weighted by Crippen LogP contribution is 2.45. The topological polar surface area (TPSA) is 177 Å². The molecule has 0 amide bonds. The first kappa shape index (κ1) is 21.8. The van der Waals surface area contributed by atoms with Crippen LogP contribution in [-0.4, -0.2) is 47.8 Å². The summed E-state index contributed by atoms with van der Waals surface area (Å²) in [6, 6.07) is 6.80. The van der Waals surface area contributed by atoms with Gasteiger partial charge < -0.3 is 45.2 Å². The van der Waals surface area contributed by atoms with Crippen molar-refractivity contribution in [3.05, 3.63) is 58.7 Å². The number of hydrogen-bond acceptors (Lipinski definition) is 10. The Morgan fingerprint density at radius 1 is 0.848 bits per heavy atom. The largest absolute Gasteiger partial charge is 0.508 e. The average molecular weight is 456 g/mol. The highest BCUT2D eigenvalue weighted by atomic mass is 16.6. The van der Waals surface area contributed by atoms with Gasteiger partial charge in [-0.3, -0.25) is 0 Å². The van der Waals surface area contributed by atoms with Crippen molar-refractivity contribution < 1.29 is 50.0 Å². The molecule has 3 aromatic carbocycles. The van der Waals surface area contributed by atoms with E-state index in [4.69, 9.17) is 9.47 Å². The van der Waals surface area contributed by atoms with Gasteiger partial charge in [-0.15, -0.1) is 0 Å². The molecule has 1 aliphatic rings. The number of phenolic OH excluding ortho intramolecular Hbond substituents is 7. The van der Waals surface area contributed by atoms with E-state index < -0.39 is 35.4 Å². The number of ether oxygens (including phenoxy) is 2. The monoisotopic (exact) mass is 456 g/mol. The van der Waals surface area contributed by atoms with Crippen molar-refractivity contribution in [1.82, 2.24) is 0 Å². The molecule has 0 bridgehead atoms. The fourth-order valence-corrected chi connectivity index (χ4v) is 3.63. The zero-order chi connectivity index (χ0) is 24.0. The van der Waals surface area contributed by atoms with Gasteiger partial charge in [-0.05, 0) is 31.2 Å². The molecule has 3 aromatic rings. The van der Waals surface area contributed by atoms with Crippen LogP contribution in [0.3, 0.4) is 0 Å². The van der Waals surface area contributed by atoms with Gasteiger partial charge in [0.15, 0.2) is 23.4 Å². The number of hydrogen-bond donors (Lipinski definition) is 7. The van der Waals surface area contributed by atoms with Crippen LogP contribution >= 0.6 is 0 Å². The van der Waals surface area contributed by atoms with Gasteiger partial charge in [-0.2, -0.15) is 0 Å². The zero-order valence-corrected chi connectivity index (χ0v) is 17.2. The van der Waals surface area contributed by atoms with Crippen LogP contribution in [0.15, 0.2) is 36.4 Å². The number of aromatic hydroxyl groups is 7. The lowest BCUT2D eigenvalue weighted by Gasteiger charge is -2.34. The average Bonchev–Trinajstić information content (AvgIpc) is 2.75. The maximum absolute atomic E-state index is 12.8. The van der Waals surface area contributed by atoms with Crippen LogP contribution in [0, 0.1) is 6.92 Å². The second kappa shape index (κ2) is 7.90. The summed E-state index contributed by atoms with van der Waals surface area (Å²) in [5.41, 5.74) is 0.401. The molecule has 7 N–H and O–H groups in total. The molecule has 0 fully saturated rings. The van der Waals surface area contributed by atoms with Crippen molar-refractivity contribution >= 4 is 5.97 Å². The summed E-state index contributed by atoms with van der Waals surface area (Å²) >= 11 is 0. The van der Waals surface area contributed by atoms with E-state index in [0.717, 1.165) is 30.3 Å². The molecule has 0 aliphatic carbocycles. The highest BCUT2D eigenvalue weighted by Gasteiger charge is 2.37. The van der Waals surface area contributed by atoms with Crippen molar-refractivity contribution in [2.45, 2.75) is 25.6 Å². The second-order valence-corrected chi connectivity index (χ2v) is 7.68. The first-order valence-electron chi connectivity index (χ1n) is 9.75. The Bertz CT molecular complexity index is 1220. The molecular formula is C23H20O10. The number of rotatable bonds is 3. The Kier molecular flexibility index (Phi) is 5.21. The number of benzene rings is 3. The summed E-state index contributed by atoms with van der Waals surface area (Å²) in [5.74, 6) is -4.07. The Morgan fingerprint density at radius 3 is 2.06 bits per heavy atom. The predicted octanol–water partition coefficient (Wildman–Crippen LogP) is 2.84. The lowest BCUT2D eigenvalue weighted by Crippen LogP contribution is -2.34. The second-order valence-electron chi connectivity index (χ2n) is 7.68. The normalized spacial score (nSPS) is 17.1. The summed E-state index contributed by atoms with van der Waals surface area (Å²) in [7, 11) is 0. The molecule has 0 radical (unpaired) electrons. The first-order valence-corrected chi connectivity index (χ1v) is 9.75. The van der Waals surface area contributed by atoms with Gasteiger partial charge in [0, 0.05) is 35.2 Å². The molecule has 172 valence electrons. The van der Waals surface area contributed by atoms with Gasteiger partial charge in [-0.25, -0.2) is 4.79 Å². The van der Waals surface area contributed by atoms with Crippen molar-refractivity contribution in [3.8, 4) is 46.0 Å². The van der Waals surface area contributed by atoms with E-state index in [1.807, 2.05) is 0 Å². The third-order valence-electron chi connectivity index (χ3n) is 5.43. The van der Waals surface area contributed by atoms with Gasteiger partial charge in [0.25, 0.3) is 0 Å². The van der Waals surface area contributed by atoms with E-state index in [-0.39, 0.29) is 57.4 Å². The summed E-state index contributed by atoms with van der Waals surface area (Å²) in [4.78, 5) is 12.8. The van der Waals surface area contributed by atoms with Crippen LogP contribution in [0.5, 0.6) is 46.0 Å². The maximum atomic E-state index is 12.8. The Balaban J connectivity index is 1.75. The maximum Gasteiger partial charge on any atom is 0.338 e. The Hall–Kier alpha value is -4.47. The molecule has 0 spiro atoms. The number of phenols is 7. The van der Waals surface area contributed by atoms with Gasteiger partial charge in [0.05, 0.1) is 5.56 Å². The van der Waals surface area contributed by atoms with Crippen LogP contribution in [0.25, 0.3) is 0 Å². The highest BCUT2D eigenvalue weighted by molar-refractivity contribution is 5.91. The molecule has 4 rings (SSSR count). The smallest absolute Gasteiger partial charge is 0.338 e. The van der Waals surface area contributed by atoms with Crippen molar-refractivity contribution in [2.24, 2.45) is 0 Å². The third kappa shape index (κ3) is 3.93. The van der Waals surface area contributed by atoms with Gasteiger partial charge in [0.2, 0.25) is 0 Å². The van der Waals surface area contributed by atoms with Crippen molar-refractivity contribution in [3.63, 3.8) is 0 Å². The number of fused-ring (bicyclic) bond motifs is 1. The SMILES string of the molecule is Cc1c(O)cc(C(=O)O[C@@H]2Cc3c(O)cc(O)cc3OC2c2cc(O)c(O)c(O)c2)cc1O. The molecule has 0 saturated heterocycles. The van der Waals surface area contributed by atoms with E-state index in [1.165, 1.54) is 13.0 Å². The van der Waals surface area contributed by atoms with Gasteiger partial charge in [0.1, 0.15) is 34.9 Å². The van der Waals surface area contributed by atoms with E-state index in [0.29, 0.717) is 0 Å². The molecule has 33 heavy (non-hydrogen) atoms. The van der Waals surface area contributed by atoms with Crippen LogP contribution in [0.2, 0.25) is 0 Å². The Morgan fingerprint density at radius 2 is 1.45 bits per heavy atom. The number of carbonyl (C=O) groups is 1. The van der Waals surface area contributed by atoms with Gasteiger partial charge in [-0.1, -0.05) is 0 Å². The summed E-state index contributed by atoms with van der Waals surface area (Å²) in [5, 5.41) is 69.4. The molecular weight excluding hydrogens is 436 g/mol. The lowest BCUT2D eigenvalue weighted by molar-refractivity contribution is -0.0189. The fraction of sp³-hybridized carbons (Fsp3) is 0.174. The molecule has 0 saturated carbocycles. The van der Waals surface area contributed by atoms with Gasteiger partial charge >= 0.3 is 5.97 Å². The van der Waals surface area contributed by atoms with Crippen LogP contribution in [0.4, 0.5) is 0 Å². The van der Waals surface area contributed by atoms with Crippen LogP contribution < -0.4 is 4.74 Å². The minimum atomic E-state index is -1.13. The minimum absolute atomic E-state index is 0.0793. The van der Waals surface area contributed by atoms with Crippen LogP contribution in [-0.2, 0) is 11.2 Å². The standard InChI is InChI=1S/C23H20O10/c1-9-14(25)4-11(5-15(9)26)23(31)33-20-8-13-16(27)6-12(24)7-19(13)32-22(20)10-2-17(28)21(30)18(29)3-10/h2-7,20,22,24-30H,8H2,1H3/t20-,22?/m1/s1. The van der Waals surface area contributed by atoms with E-state index >= 15 is 0 Å². The number of carbonyl (C=O) groups excluding carboxylic acids is 1. The predicted molar refractivity (Wildman–Crippen MR) is 112 cm³/mol. The van der Waals surface area contributed by atoms with Crippen molar-refractivity contribution in [2.75, 3.05) is 0 Å². The molecule has 10 nitrogen and oxygen atoms in total. The molecule has 2 atom stereocenters. The Labute approximate surface area is 186 Å². The van der Waals surface area contributed by atoms with E-state index in [1.54, 1.807) is 0 Å². The van der Waals surface area contributed by atoms with Crippen molar-refractivity contribution in [1.29, 1.82) is 0 Å². The lowest BCUT2D eigenvalue weighted by atomic mass is 9.93. The molecule has 0 aromatic heterocycles. The first-order chi connectivity index (χ1) is 15.5. The van der Waals surface area contributed by atoms with E-state index in [9.17, 15) is 40.5 Å². The third-order valence-corrected chi connectivity index (χ3v) is 5.43. The molecule has 1 heterocycles. The zero-order valence-electron chi connectivity index (χ0n) is 17.2. The molecule has 1 aliphatic heterocycles.